The number of aromatic nitrogens is 1. The molecule has 0 radical (unpaired) electrons. The van der Waals surface area contributed by atoms with Crippen molar-refractivity contribution in [3.05, 3.63) is 90.3 Å². The fourth-order valence-electron chi connectivity index (χ4n) is 3.70. The number of amides is 1. The Kier molecular flexibility index (Phi) is 5.75. The van der Waals surface area contributed by atoms with Crippen LogP contribution < -0.4 is 10.2 Å². The molecule has 29 heavy (non-hydrogen) atoms. The highest BCUT2D eigenvalue weighted by atomic mass is 16.2. The first-order valence-electron chi connectivity index (χ1n) is 10.1. The molecule has 1 atom stereocenters. The lowest BCUT2D eigenvalue weighted by molar-refractivity contribution is 0.0746. The quantitative estimate of drug-likeness (QED) is 0.713. The number of pyridine rings is 1. The summed E-state index contributed by atoms with van der Waals surface area (Å²) in [6.45, 7) is 5.21. The summed E-state index contributed by atoms with van der Waals surface area (Å²) >= 11 is 0. The minimum Gasteiger partial charge on any atom is -0.377 e. The minimum absolute atomic E-state index is 0.0428. The number of rotatable bonds is 5. The molecular formula is C24H26N4O. The molecule has 2 heterocycles. The topological polar surface area (TPSA) is 48.5 Å². The van der Waals surface area contributed by atoms with Gasteiger partial charge in [-0.15, -0.1) is 0 Å². The molecule has 0 bridgehead atoms. The third kappa shape index (κ3) is 4.57. The largest absolute Gasteiger partial charge is 0.377 e. The van der Waals surface area contributed by atoms with Crippen LogP contribution in [0.4, 0.5) is 11.4 Å². The molecule has 1 aliphatic heterocycles. The molecule has 1 aromatic heterocycles. The summed E-state index contributed by atoms with van der Waals surface area (Å²) in [5, 5.41) is 3.44. The first-order chi connectivity index (χ1) is 14.2. The molecule has 1 N–H and O–H groups in total. The summed E-state index contributed by atoms with van der Waals surface area (Å²) in [6, 6.07) is 22.6. The number of benzene rings is 2. The van der Waals surface area contributed by atoms with Crippen LogP contribution in [-0.2, 0) is 0 Å². The Morgan fingerprint density at radius 2 is 1.59 bits per heavy atom. The summed E-state index contributed by atoms with van der Waals surface area (Å²) < 4.78 is 0. The fraction of sp³-hybridized carbons (Fsp3) is 0.250. The third-order valence-corrected chi connectivity index (χ3v) is 5.36. The van der Waals surface area contributed by atoms with Crippen LogP contribution in [0, 0.1) is 0 Å². The van der Waals surface area contributed by atoms with E-state index < -0.39 is 0 Å². The molecule has 0 spiro atoms. The van der Waals surface area contributed by atoms with Gasteiger partial charge in [0.15, 0.2) is 0 Å². The highest BCUT2D eigenvalue weighted by molar-refractivity contribution is 5.95. The molecule has 0 saturated carbocycles. The highest BCUT2D eigenvalue weighted by Gasteiger charge is 2.22. The van der Waals surface area contributed by atoms with Gasteiger partial charge in [0, 0.05) is 50.3 Å². The van der Waals surface area contributed by atoms with E-state index in [2.05, 4.69) is 46.4 Å². The van der Waals surface area contributed by atoms with E-state index in [0.717, 1.165) is 18.8 Å². The van der Waals surface area contributed by atoms with Crippen LogP contribution >= 0.6 is 0 Å². The zero-order valence-electron chi connectivity index (χ0n) is 16.7. The smallest absolute Gasteiger partial charge is 0.255 e. The number of nitrogens with zero attached hydrogens (tertiary/aromatic N) is 3. The third-order valence-electron chi connectivity index (χ3n) is 5.36. The number of carbonyl (C=O) groups is 1. The first-order valence-corrected chi connectivity index (χ1v) is 10.1. The molecule has 1 saturated heterocycles. The number of piperazine rings is 1. The minimum atomic E-state index is 0.0428. The van der Waals surface area contributed by atoms with Gasteiger partial charge in [0.1, 0.15) is 0 Å². The van der Waals surface area contributed by atoms with Crippen LogP contribution in [0.25, 0.3) is 0 Å². The number of nitrogens with one attached hydrogen (secondary N) is 1. The highest BCUT2D eigenvalue weighted by Crippen LogP contribution is 2.21. The van der Waals surface area contributed by atoms with Crippen molar-refractivity contribution in [2.75, 3.05) is 36.4 Å². The lowest BCUT2D eigenvalue weighted by atomic mass is 10.1. The maximum atomic E-state index is 13.0. The van der Waals surface area contributed by atoms with Gasteiger partial charge in [0.2, 0.25) is 0 Å². The standard InChI is InChI=1S/C24H26N4O/c1-19(20-8-4-2-5-9-20)26-22-16-21(17-25-18-22)24(29)28-14-12-27(13-15-28)23-10-6-3-7-11-23/h2-11,16-19,26H,12-15H2,1H3. The number of carbonyl (C=O) groups excluding carboxylic acids is 1. The number of para-hydroxylation sites is 1. The van der Waals surface area contributed by atoms with Gasteiger partial charge in [-0.2, -0.15) is 0 Å². The van der Waals surface area contributed by atoms with Crippen LogP contribution in [-0.4, -0.2) is 42.0 Å². The van der Waals surface area contributed by atoms with E-state index in [9.17, 15) is 4.79 Å². The van der Waals surface area contributed by atoms with Crippen LogP contribution in [0.5, 0.6) is 0 Å². The fourth-order valence-corrected chi connectivity index (χ4v) is 3.70. The van der Waals surface area contributed by atoms with Crippen molar-refractivity contribution in [3.63, 3.8) is 0 Å². The maximum Gasteiger partial charge on any atom is 0.255 e. The van der Waals surface area contributed by atoms with E-state index in [1.165, 1.54) is 11.3 Å². The lowest BCUT2D eigenvalue weighted by Crippen LogP contribution is -2.48. The van der Waals surface area contributed by atoms with Crippen LogP contribution in [0.15, 0.2) is 79.1 Å². The molecule has 5 nitrogen and oxygen atoms in total. The van der Waals surface area contributed by atoms with Crippen LogP contribution in [0.3, 0.4) is 0 Å². The predicted molar refractivity (Wildman–Crippen MR) is 117 cm³/mol. The monoisotopic (exact) mass is 386 g/mol. The number of hydrogen-bond acceptors (Lipinski definition) is 4. The van der Waals surface area contributed by atoms with Gasteiger partial charge in [-0.25, -0.2) is 0 Å². The molecule has 148 valence electrons. The Bertz CT molecular complexity index is 937. The van der Waals surface area contributed by atoms with E-state index in [1.54, 1.807) is 12.4 Å². The predicted octanol–water partition coefficient (Wildman–Crippen LogP) is 4.22. The molecule has 0 aliphatic carbocycles. The van der Waals surface area contributed by atoms with Crippen molar-refractivity contribution in [1.29, 1.82) is 0 Å². The number of anilines is 2. The number of hydrogen-bond donors (Lipinski definition) is 1. The molecule has 5 heteroatoms. The SMILES string of the molecule is CC(Nc1cncc(C(=O)N2CCN(c3ccccc3)CC2)c1)c1ccccc1. The first kappa shape index (κ1) is 19.0. The van der Waals surface area contributed by atoms with Gasteiger partial charge in [-0.1, -0.05) is 48.5 Å². The lowest BCUT2D eigenvalue weighted by Gasteiger charge is -2.36. The van der Waals surface area contributed by atoms with Gasteiger partial charge in [0.25, 0.3) is 5.91 Å². The van der Waals surface area contributed by atoms with Crippen molar-refractivity contribution in [1.82, 2.24) is 9.88 Å². The molecule has 3 aromatic rings. The Hall–Kier alpha value is -3.34. The average Bonchev–Trinajstić information content (AvgIpc) is 2.80. The zero-order valence-corrected chi connectivity index (χ0v) is 16.7. The van der Waals surface area contributed by atoms with Crippen LogP contribution in [0.1, 0.15) is 28.9 Å². The Morgan fingerprint density at radius 1 is 0.931 bits per heavy atom. The molecule has 4 rings (SSSR count). The van der Waals surface area contributed by atoms with Gasteiger partial charge < -0.3 is 15.1 Å². The molecular weight excluding hydrogens is 360 g/mol. The molecule has 1 unspecified atom stereocenters. The van der Waals surface area contributed by atoms with Gasteiger partial charge in [-0.05, 0) is 30.7 Å². The summed E-state index contributed by atoms with van der Waals surface area (Å²) in [7, 11) is 0. The van der Waals surface area contributed by atoms with Crippen LogP contribution in [0.2, 0.25) is 0 Å². The molecule has 1 amide bonds. The van der Waals surface area contributed by atoms with Crippen molar-refractivity contribution in [2.24, 2.45) is 0 Å². The van der Waals surface area contributed by atoms with Crippen molar-refractivity contribution in [2.45, 2.75) is 13.0 Å². The van der Waals surface area contributed by atoms with E-state index in [1.807, 2.05) is 47.4 Å². The second-order valence-electron chi connectivity index (χ2n) is 7.35. The van der Waals surface area contributed by atoms with E-state index >= 15 is 0 Å². The Morgan fingerprint density at radius 3 is 2.28 bits per heavy atom. The summed E-state index contributed by atoms with van der Waals surface area (Å²) in [5.74, 6) is 0.0428. The van der Waals surface area contributed by atoms with Crippen molar-refractivity contribution >= 4 is 17.3 Å². The summed E-state index contributed by atoms with van der Waals surface area (Å²) in [4.78, 5) is 21.5. The molecule has 1 fully saturated rings. The summed E-state index contributed by atoms with van der Waals surface area (Å²) in [5.41, 5.74) is 3.89. The van der Waals surface area contributed by atoms with Gasteiger partial charge >= 0.3 is 0 Å². The normalized spacial score (nSPS) is 15.1. The second-order valence-corrected chi connectivity index (χ2v) is 7.35. The maximum absolute atomic E-state index is 13.0. The van der Waals surface area contributed by atoms with E-state index in [0.29, 0.717) is 18.7 Å². The molecule has 1 aliphatic rings. The summed E-state index contributed by atoms with van der Waals surface area (Å²) in [6.07, 6.45) is 3.42. The van der Waals surface area contributed by atoms with E-state index in [-0.39, 0.29) is 11.9 Å². The molecule has 2 aromatic carbocycles. The van der Waals surface area contributed by atoms with Crippen molar-refractivity contribution < 1.29 is 4.79 Å². The second kappa shape index (κ2) is 8.78. The van der Waals surface area contributed by atoms with Gasteiger partial charge in [-0.3, -0.25) is 9.78 Å². The zero-order chi connectivity index (χ0) is 20.1. The van der Waals surface area contributed by atoms with Gasteiger partial charge in [0.05, 0.1) is 11.3 Å². The Balaban J connectivity index is 1.39. The Labute approximate surface area is 172 Å². The van der Waals surface area contributed by atoms with Crippen molar-refractivity contribution in [3.8, 4) is 0 Å². The average molecular weight is 386 g/mol. The van der Waals surface area contributed by atoms with E-state index in [4.69, 9.17) is 0 Å².